The molecule has 0 amide bonds. The molecule has 0 aliphatic heterocycles. The van der Waals surface area contributed by atoms with E-state index in [0.717, 1.165) is 0 Å². The Labute approximate surface area is 68.5 Å². The molecule has 0 aliphatic carbocycles. The van der Waals surface area contributed by atoms with Crippen molar-refractivity contribution in [3.63, 3.8) is 0 Å². The monoisotopic (exact) mass is 168 g/mol. The molecule has 60 valence electrons. The van der Waals surface area contributed by atoms with E-state index >= 15 is 0 Å². The maximum atomic E-state index is 5.42. The smallest absolute Gasteiger partial charge is 0.0754 e. The van der Waals surface area contributed by atoms with E-state index in [1.165, 1.54) is 5.56 Å². The largest absolute Gasteiger partial charge is 0.361 e. The minimum Gasteiger partial charge on any atom is -0.361 e. The fourth-order valence-electron chi connectivity index (χ4n) is 0.781. The van der Waals surface area contributed by atoms with Crippen molar-refractivity contribution in [1.82, 2.24) is 0 Å². The first-order chi connectivity index (χ1) is 5.29. The van der Waals surface area contributed by atoms with Crippen molar-refractivity contribution in [1.29, 1.82) is 0 Å². The molecule has 2 heteroatoms. The summed E-state index contributed by atoms with van der Waals surface area (Å²) >= 11 is 0. The van der Waals surface area contributed by atoms with Gasteiger partial charge in [0.2, 0.25) is 0 Å². The van der Waals surface area contributed by atoms with Crippen LogP contribution in [0.4, 0.5) is 0 Å². The first-order valence-corrected chi connectivity index (χ1v) is 5.73. The lowest BCUT2D eigenvalue weighted by Crippen LogP contribution is -1.83. The average molecular weight is 168 g/mol. The number of rotatable bonds is 3. The second-order valence-corrected chi connectivity index (χ2v) is 4.17. The van der Waals surface area contributed by atoms with E-state index in [1.54, 1.807) is 0 Å². The molecule has 11 heavy (non-hydrogen) atoms. The lowest BCUT2D eigenvalue weighted by atomic mass is 10.2. The van der Waals surface area contributed by atoms with Gasteiger partial charge in [0.25, 0.3) is 0 Å². The summed E-state index contributed by atoms with van der Waals surface area (Å²) in [6, 6.07) is 10.2. The lowest BCUT2D eigenvalue weighted by Gasteiger charge is -2.02. The molecule has 1 atom stereocenters. The first kappa shape index (κ1) is 8.58. The third-order valence-electron chi connectivity index (χ3n) is 1.33. The van der Waals surface area contributed by atoms with E-state index in [4.69, 9.17) is 4.52 Å². The number of benzene rings is 1. The van der Waals surface area contributed by atoms with Crippen molar-refractivity contribution in [3.8, 4) is 0 Å². The zero-order valence-corrected chi connectivity index (χ0v) is 7.71. The van der Waals surface area contributed by atoms with Crippen LogP contribution in [0.1, 0.15) is 5.56 Å². The zero-order chi connectivity index (χ0) is 8.10. The summed E-state index contributed by atoms with van der Waals surface area (Å²) in [5.41, 5.74) is 1.22. The SMILES string of the molecule is C=[PH](C)OCc1ccccc1. The van der Waals surface area contributed by atoms with Gasteiger partial charge in [-0.3, -0.25) is 0 Å². The molecule has 1 unspecified atom stereocenters. The van der Waals surface area contributed by atoms with Crippen molar-refractivity contribution in [2.45, 2.75) is 6.61 Å². The molecule has 1 aromatic rings. The minimum atomic E-state index is -0.782. The molecule has 0 fully saturated rings. The van der Waals surface area contributed by atoms with Crippen LogP contribution in [0.25, 0.3) is 0 Å². The van der Waals surface area contributed by atoms with Gasteiger partial charge in [-0.15, -0.1) is 0 Å². The second-order valence-electron chi connectivity index (χ2n) is 2.48. The molecule has 1 aromatic carbocycles. The maximum Gasteiger partial charge on any atom is 0.0754 e. The van der Waals surface area contributed by atoms with E-state index in [-0.39, 0.29) is 0 Å². The van der Waals surface area contributed by atoms with E-state index < -0.39 is 7.77 Å². The van der Waals surface area contributed by atoms with Crippen LogP contribution >= 0.6 is 7.77 Å². The third kappa shape index (κ3) is 3.41. The molecule has 0 saturated carbocycles. The van der Waals surface area contributed by atoms with Gasteiger partial charge in [-0.1, -0.05) is 36.6 Å². The Morgan fingerprint density at radius 2 is 2.00 bits per heavy atom. The van der Waals surface area contributed by atoms with E-state index in [9.17, 15) is 0 Å². The molecule has 0 heterocycles. The standard InChI is InChI=1S/C9H13OP/c1-11(2)10-8-9-6-4-3-5-7-9/h3-7,11H,1,8H2,2H3. The molecule has 0 bridgehead atoms. The van der Waals surface area contributed by atoms with Gasteiger partial charge in [0.05, 0.1) is 6.61 Å². The quantitative estimate of drug-likeness (QED) is 0.629. The van der Waals surface area contributed by atoms with Crippen molar-refractivity contribution >= 4 is 14.1 Å². The van der Waals surface area contributed by atoms with Crippen molar-refractivity contribution in [2.75, 3.05) is 6.66 Å². The fourth-order valence-corrected chi connectivity index (χ4v) is 1.19. The number of hydrogen-bond acceptors (Lipinski definition) is 1. The first-order valence-electron chi connectivity index (χ1n) is 3.61. The van der Waals surface area contributed by atoms with Crippen LogP contribution in [0.2, 0.25) is 0 Å². The molecule has 0 saturated heterocycles. The van der Waals surface area contributed by atoms with E-state index in [0.29, 0.717) is 6.61 Å². The van der Waals surface area contributed by atoms with Crippen LogP contribution in [-0.2, 0) is 11.1 Å². The fraction of sp³-hybridized carbons (Fsp3) is 0.222. The minimum absolute atomic E-state index is 0.704. The predicted octanol–water partition coefficient (Wildman–Crippen LogP) is 2.39. The lowest BCUT2D eigenvalue weighted by molar-refractivity contribution is 0.352. The second kappa shape index (κ2) is 4.38. The normalized spacial score (nSPS) is 12.8. The summed E-state index contributed by atoms with van der Waals surface area (Å²) in [6.45, 7) is 2.74. The van der Waals surface area contributed by atoms with Crippen LogP contribution in [-0.4, -0.2) is 13.0 Å². The molecule has 0 aromatic heterocycles. The highest BCUT2D eigenvalue weighted by molar-refractivity contribution is 7.49. The molecular weight excluding hydrogens is 155 g/mol. The molecule has 1 nitrogen and oxygen atoms in total. The summed E-state index contributed by atoms with van der Waals surface area (Å²) in [5, 5.41) is 0. The molecule has 0 spiro atoms. The van der Waals surface area contributed by atoms with Gasteiger partial charge in [0.1, 0.15) is 0 Å². The molecule has 0 N–H and O–H groups in total. The number of hydrogen-bond donors (Lipinski definition) is 0. The summed E-state index contributed by atoms with van der Waals surface area (Å²) in [5.74, 6) is 0. The van der Waals surface area contributed by atoms with Crippen molar-refractivity contribution < 1.29 is 4.52 Å². The Bertz CT molecular complexity index is 231. The van der Waals surface area contributed by atoms with E-state index in [1.807, 2.05) is 24.9 Å². The Morgan fingerprint density at radius 1 is 1.36 bits per heavy atom. The third-order valence-corrected chi connectivity index (χ3v) is 1.97. The Balaban J connectivity index is 2.45. The maximum absolute atomic E-state index is 5.42. The van der Waals surface area contributed by atoms with E-state index in [2.05, 4.69) is 18.4 Å². The summed E-state index contributed by atoms with van der Waals surface area (Å²) in [4.78, 5) is 0. The van der Waals surface area contributed by atoms with Crippen LogP contribution in [0.15, 0.2) is 30.3 Å². The Morgan fingerprint density at radius 3 is 2.55 bits per heavy atom. The van der Waals surface area contributed by atoms with Gasteiger partial charge >= 0.3 is 0 Å². The molecule has 0 aliphatic rings. The summed E-state index contributed by atoms with van der Waals surface area (Å²) in [6.07, 6.45) is 3.83. The summed E-state index contributed by atoms with van der Waals surface area (Å²) < 4.78 is 5.42. The highest BCUT2D eigenvalue weighted by Crippen LogP contribution is 2.17. The molecule has 0 radical (unpaired) electrons. The van der Waals surface area contributed by atoms with Crippen molar-refractivity contribution in [2.24, 2.45) is 0 Å². The van der Waals surface area contributed by atoms with Gasteiger partial charge in [0, 0.05) is 0 Å². The summed E-state index contributed by atoms with van der Waals surface area (Å²) in [7, 11) is -0.782. The van der Waals surface area contributed by atoms with Gasteiger partial charge in [-0.25, -0.2) is 0 Å². The molecule has 1 rings (SSSR count). The Hall–Kier alpha value is -0.520. The van der Waals surface area contributed by atoms with Gasteiger partial charge < -0.3 is 4.52 Å². The van der Waals surface area contributed by atoms with Crippen LogP contribution in [0.3, 0.4) is 0 Å². The molecular formula is C9H13OP. The highest BCUT2D eigenvalue weighted by Gasteiger charge is 1.88. The van der Waals surface area contributed by atoms with Crippen LogP contribution < -0.4 is 0 Å². The average Bonchev–Trinajstić information content (AvgIpc) is 2.03. The predicted molar refractivity (Wildman–Crippen MR) is 52.6 cm³/mol. The van der Waals surface area contributed by atoms with Gasteiger partial charge in [-0.2, -0.15) is 0 Å². The highest BCUT2D eigenvalue weighted by atomic mass is 31.1. The van der Waals surface area contributed by atoms with Gasteiger partial charge in [0.15, 0.2) is 0 Å². The Kier molecular flexibility index (Phi) is 3.41. The van der Waals surface area contributed by atoms with Crippen LogP contribution in [0.5, 0.6) is 0 Å². The van der Waals surface area contributed by atoms with Gasteiger partial charge in [-0.05, 0) is 20.0 Å². The van der Waals surface area contributed by atoms with Crippen LogP contribution in [0, 0.1) is 0 Å². The zero-order valence-electron chi connectivity index (χ0n) is 6.71. The topological polar surface area (TPSA) is 9.23 Å². The van der Waals surface area contributed by atoms with Crippen molar-refractivity contribution in [3.05, 3.63) is 35.9 Å².